The van der Waals surface area contributed by atoms with Gasteiger partial charge in [0.15, 0.2) is 0 Å². The Hall–Kier alpha value is -0.950. The minimum Gasteiger partial charge on any atom is -0.463 e. The molecule has 0 unspecified atom stereocenters. The molecule has 6 nitrogen and oxygen atoms in total. The second kappa shape index (κ2) is 12.8. The van der Waals surface area contributed by atoms with Gasteiger partial charge in [-0.3, -0.25) is 4.79 Å². The van der Waals surface area contributed by atoms with Crippen LogP contribution in [0.5, 0.6) is 0 Å². The third kappa shape index (κ3) is 12.5. The van der Waals surface area contributed by atoms with Gasteiger partial charge in [-0.05, 0) is 25.7 Å². The van der Waals surface area contributed by atoms with E-state index in [1.807, 2.05) is 6.92 Å². The molecule has 0 aromatic heterocycles. The Labute approximate surface area is 126 Å². The van der Waals surface area contributed by atoms with Crippen molar-refractivity contribution in [3.63, 3.8) is 0 Å². The van der Waals surface area contributed by atoms with Crippen LogP contribution in [0.3, 0.4) is 0 Å². The van der Waals surface area contributed by atoms with E-state index in [2.05, 4.69) is 0 Å². The van der Waals surface area contributed by atoms with E-state index in [1.54, 1.807) is 12.2 Å². The van der Waals surface area contributed by atoms with Gasteiger partial charge in [-0.15, -0.1) is 0 Å². The summed E-state index contributed by atoms with van der Waals surface area (Å²) >= 11 is 0. The highest BCUT2D eigenvalue weighted by Crippen LogP contribution is 2.06. The van der Waals surface area contributed by atoms with Crippen LogP contribution in [0.15, 0.2) is 12.2 Å². The van der Waals surface area contributed by atoms with Crippen molar-refractivity contribution in [1.29, 1.82) is 0 Å². The Bertz CT molecular complexity index is 292. The summed E-state index contributed by atoms with van der Waals surface area (Å²) in [6, 6.07) is 0. The highest BCUT2D eigenvalue weighted by Gasteiger charge is 2.08. The van der Waals surface area contributed by atoms with E-state index in [9.17, 15) is 15.0 Å². The van der Waals surface area contributed by atoms with Gasteiger partial charge in [0.2, 0.25) is 0 Å². The summed E-state index contributed by atoms with van der Waals surface area (Å²) in [5, 5.41) is 36.7. The van der Waals surface area contributed by atoms with E-state index in [1.165, 1.54) is 0 Å². The summed E-state index contributed by atoms with van der Waals surface area (Å²) in [5.41, 5.74) is 0. The average Bonchev–Trinajstić information content (AvgIpc) is 2.45. The molecule has 0 amide bonds. The lowest BCUT2D eigenvalue weighted by Gasteiger charge is -2.09. The molecule has 3 atom stereocenters. The molecule has 21 heavy (non-hydrogen) atoms. The van der Waals surface area contributed by atoms with E-state index in [-0.39, 0.29) is 19.1 Å². The Morgan fingerprint density at radius 1 is 1.19 bits per heavy atom. The van der Waals surface area contributed by atoms with Crippen molar-refractivity contribution in [2.45, 2.75) is 63.8 Å². The molecule has 0 saturated carbocycles. The summed E-state index contributed by atoms with van der Waals surface area (Å²) in [7, 11) is 0. The molecule has 0 aliphatic heterocycles. The first-order chi connectivity index (χ1) is 9.99. The Kier molecular flexibility index (Phi) is 12.2. The minimum atomic E-state index is -1.04. The van der Waals surface area contributed by atoms with Crippen LogP contribution in [0.4, 0.5) is 0 Å². The van der Waals surface area contributed by atoms with Gasteiger partial charge in [-0.1, -0.05) is 25.5 Å². The van der Waals surface area contributed by atoms with Crippen LogP contribution in [0.1, 0.15) is 45.4 Å². The molecule has 0 bridgehead atoms. The summed E-state index contributed by atoms with van der Waals surface area (Å²) in [6.45, 7) is 1.34. The maximum Gasteiger partial charge on any atom is 0.305 e. The van der Waals surface area contributed by atoms with Gasteiger partial charge >= 0.3 is 5.97 Å². The molecule has 0 aromatic carbocycles. The number of carbonyl (C=O) groups excluding carboxylic acids is 1. The molecule has 4 N–H and O–H groups in total. The minimum absolute atomic E-state index is 0.154. The topological polar surface area (TPSA) is 107 Å². The van der Waals surface area contributed by atoms with Gasteiger partial charge < -0.3 is 25.2 Å². The van der Waals surface area contributed by atoms with Gasteiger partial charge in [0.25, 0.3) is 0 Å². The molecule has 6 heteroatoms. The predicted molar refractivity (Wildman–Crippen MR) is 78.6 cm³/mol. The van der Waals surface area contributed by atoms with Crippen molar-refractivity contribution < 1.29 is 30.0 Å². The fourth-order valence-electron chi connectivity index (χ4n) is 1.71. The summed E-state index contributed by atoms with van der Waals surface area (Å²) < 4.78 is 4.73. The highest BCUT2D eigenvalue weighted by molar-refractivity contribution is 5.69. The molecule has 0 heterocycles. The molecule has 0 rings (SSSR count). The normalized spacial score (nSPS) is 15.9. The summed E-state index contributed by atoms with van der Waals surface area (Å²) in [5.74, 6) is -0.461. The summed E-state index contributed by atoms with van der Waals surface area (Å²) in [6.07, 6.45) is 4.55. The Balaban J connectivity index is 3.66. The van der Waals surface area contributed by atoms with E-state index < -0.39 is 24.8 Å². The number of ether oxygens (including phenoxy) is 1. The van der Waals surface area contributed by atoms with Crippen LogP contribution in [-0.2, 0) is 9.53 Å². The molecular formula is C15H28O6. The molecule has 0 radical (unpaired) electrons. The SMILES string of the molecule is CCC[C@H](O)C/C=C/[C@@H](O)CCCC(=O)OC[C@@H](O)CO. The maximum absolute atomic E-state index is 11.3. The smallest absolute Gasteiger partial charge is 0.305 e. The quantitative estimate of drug-likeness (QED) is 0.309. The fourth-order valence-corrected chi connectivity index (χ4v) is 1.71. The van der Waals surface area contributed by atoms with Crippen molar-refractivity contribution in [3.8, 4) is 0 Å². The fraction of sp³-hybridized carbons (Fsp3) is 0.800. The summed E-state index contributed by atoms with van der Waals surface area (Å²) in [4.78, 5) is 11.3. The van der Waals surface area contributed by atoms with Crippen LogP contribution in [0.25, 0.3) is 0 Å². The molecule has 0 spiro atoms. The second-order valence-electron chi connectivity index (χ2n) is 5.09. The van der Waals surface area contributed by atoms with Gasteiger partial charge in [0.05, 0.1) is 18.8 Å². The monoisotopic (exact) mass is 304 g/mol. The van der Waals surface area contributed by atoms with E-state index in [0.717, 1.165) is 12.8 Å². The highest BCUT2D eigenvalue weighted by atomic mass is 16.5. The Morgan fingerprint density at radius 2 is 1.90 bits per heavy atom. The lowest BCUT2D eigenvalue weighted by molar-refractivity contribution is -0.147. The lowest BCUT2D eigenvalue weighted by atomic mass is 10.1. The molecule has 0 fully saturated rings. The predicted octanol–water partition coefficient (Wildman–Crippen LogP) is 0.521. The van der Waals surface area contributed by atoms with Gasteiger partial charge in [0, 0.05) is 6.42 Å². The molecule has 0 saturated heterocycles. The number of hydrogen-bond acceptors (Lipinski definition) is 6. The number of esters is 1. The molecule has 124 valence electrons. The number of carbonyl (C=O) groups is 1. The van der Waals surface area contributed by atoms with E-state index >= 15 is 0 Å². The first kappa shape index (κ1) is 20.1. The number of rotatable bonds is 12. The van der Waals surface area contributed by atoms with Crippen LogP contribution < -0.4 is 0 Å². The first-order valence-electron chi connectivity index (χ1n) is 7.46. The zero-order valence-electron chi connectivity index (χ0n) is 12.6. The van der Waals surface area contributed by atoms with Crippen molar-refractivity contribution >= 4 is 5.97 Å². The average molecular weight is 304 g/mol. The van der Waals surface area contributed by atoms with Crippen molar-refractivity contribution in [2.24, 2.45) is 0 Å². The number of aliphatic hydroxyl groups excluding tert-OH is 4. The van der Waals surface area contributed by atoms with Crippen LogP contribution in [0, 0.1) is 0 Å². The standard InChI is InChI=1S/C15H28O6/c1-2-5-12(17)6-3-7-13(18)8-4-9-15(20)21-11-14(19)10-16/h3,7,12-14,16-19H,2,4-6,8-11H2,1H3/b7-3+/t12-,13+,14-/m0/s1. The van der Waals surface area contributed by atoms with Crippen molar-refractivity contribution in [2.75, 3.05) is 13.2 Å². The zero-order chi connectivity index (χ0) is 16.1. The van der Waals surface area contributed by atoms with Crippen molar-refractivity contribution in [1.82, 2.24) is 0 Å². The first-order valence-corrected chi connectivity index (χ1v) is 7.46. The van der Waals surface area contributed by atoms with Gasteiger partial charge in [-0.25, -0.2) is 0 Å². The molecular weight excluding hydrogens is 276 g/mol. The lowest BCUT2D eigenvalue weighted by Crippen LogP contribution is -2.21. The van der Waals surface area contributed by atoms with Crippen LogP contribution in [-0.4, -0.2) is 57.9 Å². The molecule has 0 aliphatic rings. The van der Waals surface area contributed by atoms with Gasteiger partial charge in [-0.2, -0.15) is 0 Å². The van der Waals surface area contributed by atoms with Crippen molar-refractivity contribution in [3.05, 3.63) is 12.2 Å². The number of aliphatic hydroxyl groups is 4. The molecule has 0 aromatic rings. The number of hydrogen-bond donors (Lipinski definition) is 4. The van der Waals surface area contributed by atoms with Crippen LogP contribution in [0.2, 0.25) is 0 Å². The zero-order valence-corrected chi connectivity index (χ0v) is 12.6. The molecule has 0 aliphatic carbocycles. The second-order valence-corrected chi connectivity index (χ2v) is 5.09. The van der Waals surface area contributed by atoms with Crippen LogP contribution >= 0.6 is 0 Å². The van der Waals surface area contributed by atoms with Gasteiger partial charge in [0.1, 0.15) is 12.7 Å². The largest absolute Gasteiger partial charge is 0.463 e. The van der Waals surface area contributed by atoms with E-state index in [4.69, 9.17) is 14.9 Å². The Morgan fingerprint density at radius 3 is 2.52 bits per heavy atom. The third-order valence-electron chi connectivity index (χ3n) is 2.92. The van der Waals surface area contributed by atoms with E-state index in [0.29, 0.717) is 19.3 Å². The maximum atomic E-state index is 11.3. The third-order valence-corrected chi connectivity index (χ3v) is 2.92.